The molecule has 3 N–H and O–H groups in total. The SMILES string of the molecule is C=C1C(O)CC2C(C)(C(=O)O)CCCC2(C)C1CCC(C)CC(=O)O. The summed E-state index contributed by atoms with van der Waals surface area (Å²) >= 11 is 0. The molecular weight excluding hydrogens is 320 g/mol. The molecule has 2 aliphatic carbocycles. The Hall–Kier alpha value is -1.36. The fraction of sp³-hybridized carbons (Fsp3) is 0.800. The van der Waals surface area contributed by atoms with Gasteiger partial charge < -0.3 is 15.3 Å². The van der Waals surface area contributed by atoms with E-state index in [9.17, 15) is 19.8 Å². The largest absolute Gasteiger partial charge is 0.481 e. The molecule has 2 rings (SSSR count). The average molecular weight is 352 g/mol. The van der Waals surface area contributed by atoms with Crippen LogP contribution in [0.5, 0.6) is 0 Å². The summed E-state index contributed by atoms with van der Waals surface area (Å²) in [5.41, 5.74) is -0.222. The van der Waals surface area contributed by atoms with E-state index in [0.29, 0.717) is 12.8 Å². The van der Waals surface area contributed by atoms with Gasteiger partial charge in [0.1, 0.15) is 0 Å². The van der Waals surface area contributed by atoms with Gasteiger partial charge in [0.05, 0.1) is 11.5 Å². The van der Waals surface area contributed by atoms with Crippen LogP contribution in [-0.2, 0) is 9.59 Å². The van der Waals surface area contributed by atoms with Crippen LogP contribution in [0.2, 0.25) is 0 Å². The summed E-state index contributed by atoms with van der Waals surface area (Å²) in [5, 5.41) is 29.3. The molecule has 0 aromatic carbocycles. The first-order chi connectivity index (χ1) is 11.5. The lowest BCUT2D eigenvalue weighted by Crippen LogP contribution is -2.56. The molecule has 0 heterocycles. The van der Waals surface area contributed by atoms with Crippen molar-refractivity contribution < 1.29 is 24.9 Å². The maximum Gasteiger partial charge on any atom is 0.309 e. The molecule has 0 amide bonds. The molecule has 2 saturated carbocycles. The lowest BCUT2D eigenvalue weighted by Gasteiger charge is -2.58. The molecule has 5 heteroatoms. The third kappa shape index (κ3) is 3.62. The Labute approximate surface area is 150 Å². The fourth-order valence-electron chi connectivity index (χ4n) is 5.51. The summed E-state index contributed by atoms with van der Waals surface area (Å²) in [7, 11) is 0. The number of carboxylic acids is 2. The van der Waals surface area contributed by atoms with Gasteiger partial charge in [0.2, 0.25) is 0 Å². The summed E-state index contributed by atoms with van der Waals surface area (Å²) in [6, 6.07) is 0. The Kier molecular flexibility index (Phi) is 5.67. The monoisotopic (exact) mass is 352 g/mol. The summed E-state index contributed by atoms with van der Waals surface area (Å²) < 4.78 is 0. The van der Waals surface area contributed by atoms with E-state index < -0.39 is 23.5 Å². The van der Waals surface area contributed by atoms with Gasteiger partial charge in [-0.3, -0.25) is 9.59 Å². The maximum absolute atomic E-state index is 12.0. The molecule has 0 spiro atoms. The summed E-state index contributed by atoms with van der Waals surface area (Å²) in [4.78, 5) is 22.9. The Morgan fingerprint density at radius 2 is 1.92 bits per heavy atom. The number of hydrogen-bond donors (Lipinski definition) is 3. The molecule has 6 unspecified atom stereocenters. The third-order valence-electron chi connectivity index (χ3n) is 7.07. The number of rotatable bonds is 6. The van der Waals surface area contributed by atoms with Gasteiger partial charge in [-0.2, -0.15) is 0 Å². The van der Waals surface area contributed by atoms with Crippen LogP contribution in [0.25, 0.3) is 0 Å². The summed E-state index contributed by atoms with van der Waals surface area (Å²) in [6.07, 6.45) is 3.86. The quantitative estimate of drug-likeness (QED) is 0.633. The standard InChI is InChI=1S/C20H32O5/c1-12(10-17(22)23)6-7-14-13(2)15(21)11-16-19(14,3)8-5-9-20(16,4)18(24)25/h12,14-16,21H,2,5-11H2,1,3-4H3,(H,22,23)(H,24,25). The minimum Gasteiger partial charge on any atom is -0.481 e. The molecule has 5 nitrogen and oxygen atoms in total. The van der Waals surface area contributed by atoms with E-state index in [4.69, 9.17) is 5.11 Å². The predicted molar refractivity (Wildman–Crippen MR) is 95.1 cm³/mol. The van der Waals surface area contributed by atoms with Crippen molar-refractivity contribution in [2.24, 2.45) is 28.6 Å². The number of carbonyl (C=O) groups is 2. The van der Waals surface area contributed by atoms with Gasteiger partial charge in [0.25, 0.3) is 0 Å². The highest BCUT2D eigenvalue weighted by atomic mass is 16.4. The molecule has 0 aliphatic heterocycles. The lowest BCUT2D eigenvalue weighted by atomic mass is 9.46. The van der Waals surface area contributed by atoms with Crippen LogP contribution >= 0.6 is 0 Å². The van der Waals surface area contributed by atoms with Crippen LogP contribution < -0.4 is 0 Å². The first kappa shape index (κ1) is 20.0. The zero-order valence-electron chi connectivity index (χ0n) is 15.6. The van der Waals surface area contributed by atoms with Crippen molar-refractivity contribution in [2.75, 3.05) is 0 Å². The van der Waals surface area contributed by atoms with Crippen molar-refractivity contribution >= 4 is 11.9 Å². The van der Waals surface area contributed by atoms with Gasteiger partial charge in [-0.25, -0.2) is 0 Å². The number of aliphatic carboxylic acids is 2. The highest BCUT2D eigenvalue weighted by Gasteiger charge is 2.59. The van der Waals surface area contributed by atoms with Crippen molar-refractivity contribution in [3.63, 3.8) is 0 Å². The van der Waals surface area contributed by atoms with Crippen molar-refractivity contribution in [1.29, 1.82) is 0 Å². The molecule has 0 aromatic rings. The van der Waals surface area contributed by atoms with Crippen molar-refractivity contribution in [1.82, 2.24) is 0 Å². The van der Waals surface area contributed by atoms with Gasteiger partial charge in [0.15, 0.2) is 0 Å². The first-order valence-electron chi connectivity index (χ1n) is 9.34. The van der Waals surface area contributed by atoms with Crippen molar-refractivity contribution in [3.05, 3.63) is 12.2 Å². The molecule has 0 bridgehead atoms. The molecule has 0 saturated heterocycles. The van der Waals surface area contributed by atoms with E-state index in [1.807, 2.05) is 13.8 Å². The first-order valence-corrected chi connectivity index (χ1v) is 9.34. The Morgan fingerprint density at radius 3 is 2.48 bits per heavy atom. The van der Waals surface area contributed by atoms with Crippen LogP contribution in [0.3, 0.4) is 0 Å². The Bertz CT molecular complexity index is 556. The summed E-state index contributed by atoms with van der Waals surface area (Å²) in [6.45, 7) is 10.0. The molecule has 25 heavy (non-hydrogen) atoms. The normalized spacial score (nSPS) is 39.5. The number of aliphatic hydroxyl groups excluding tert-OH is 1. The molecule has 142 valence electrons. The second kappa shape index (κ2) is 7.10. The highest BCUT2D eigenvalue weighted by molar-refractivity contribution is 5.75. The molecule has 2 fully saturated rings. The molecule has 0 aromatic heterocycles. The van der Waals surface area contributed by atoms with E-state index in [-0.39, 0.29) is 29.6 Å². The van der Waals surface area contributed by atoms with E-state index >= 15 is 0 Å². The van der Waals surface area contributed by atoms with E-state index in [1.54, 1.807) is 0 Å². The zero-order valence-corrected chi connectivity index (χ0v) is 15.6. The molecule has 6 atom stereocenters. The topological polar surface area (TPSA) is 94.8 Å². The van der Waals surface area contributed by atoms with Crippen LogP contribution in [0.1, 0.15) is 65.7 Å². The number of carboxylic acid groups (broad SMARTS) is 2. The van der Waals surface area contributed by atoms with Crippen LogP contribution in [0.15, 0.2) is 12.2 Å². The zero-order chi connectivity index (χ0) is 19.0. The Morgan fingerprint density at radius 1 is 1.28 bits per heavy atom. The minimum absolute atomic E-state index is 0.0384. The molecular formula is C20H32O5. The van der Waals surface area contributed by atoms with Gasteiger partial charge in [-0.15, -0.1) is 0 Å². The van der Waals surface area contributed by atoms with Gasteiger partial charge in [0, 0.05) is 6.42 Å². The minimum atomic E-state index is -0.820. The van der Waals surface area contributed by atoms with Crippen LogP contribution in [0, 0.1) is 28.6 Å². The van der Waals surface area contributed by atoms with E-state index in [2.05, 4.69) is 13.5 Å². The summed E-state index contributed by atoms with van der Waals surface area (Å²) in [5.74, 6) is -1.57. The van der Waals surface area contributed by atoms with Crippen molar-refractivity contribution in [3.8, 4) is 0 Å². The molecule has 2 aliphatic rings. The van der Waals surface area contributed by atoms with E-state index in [0.717, 1.165) is 31.3 Å². The molecule has 0 radical (unpaired) electrons. The third-order valence-corrected chi connectivity index (χ3v) is 7.07. The maximum atomic E-state index is 12.0. The van der Waals surface area contributed by atoms with Gasteiger partial charge in [-0.1, -0.05) is 26.8 Å². The van der Waals surface area contributed by atoms with E-state index in [1.165, 1.54) is 0 Å². The van der Waals surface area contributed by atoms with Crippen LogP contribution in [-0.4, -0.2) is 33.4 Å². The average Bonchev–Trinajstić information content (AvgIpc) is 2.49. The highest BCUT2D eigenvalue weighted by Crippen LogP contribution is 2.62. The smallest absolute Gasteiger partial charge is 0.309 e. The van der Waals surface area contributed by atoms with Crippen molar-refractivity contribution in [2.45, 2.75) is 71.8 Å². The second-order valence-corrected chi connectivity index (χ2v) is 8.79. The lowest BCUT2D eigenvalue weighted by molar-refractivity contribution is -0.167. The van der Waals surface area contributed by atoms with Crippen LogP contribution in [0.4, 0.5) is 0 Å². The van der Waals surface area contributed by atoms with Gasteiger partial charge >= 0.3 is 11.9 Å². The number of aliphatic hydroxyl groups is 1. The Balaban J connectivity index is 2.26. The number of hydrogen-bond acceptors (Lipinski definition) is 3. The fourth-order valence-corrected chi connectivity index (χ4v) is 5.51. The predicted octanol–water partition coefficient (Wildman–Crippen LogP) is 3.71. The van der Waals surface area contributed by atoms with Gasteiger partial charge in [-0.05, 0) is 67.8 Å². The second-order valence-electron chi connectivity index (χ2n) is 8.79. The number of fused-ring (bicyclic) bond motifs is 1.